The van der Waals surface area contributed by atoms with E-state index < -0.39 is 12.1 Å². The van der Waals surface area contributed by atoms with Crippen LogP contribution in [-0.4, -0.2) is 29.6 Å². The van der Waals surface area contributed by atoms with Gasteiger partial charge in [0.05, 0.1) is 6.42 Å². The molecule has 0 aromatic heterocycles. The lowest BCUT2D eigenvalue weighted by molar-refractivity contribution is -0.139. The third kappa shape index (κ3) is 2.75. The van der Waals surface area contributed by atoms with E-state index >= 15 is 0 Å². The highest BCUT2D eigenvalue weighted by molar-refractivity contribution is 5.86. The molecular weight excluding hydrogens is 224 g/mol. The Morgan fingerprint density at radius 3 is 2.65 bits per heavy atom. The van der Waals surface area contributed by atoms with Gasteiger partial charge in [-0.2, -0.15) is 0 Å². The normalized spacial score (nSPS) is 17.5. The fraction of sp³-hybridized carbons (Fsp3) is 0.333. The SMILES string of the molecule is O=C(O)CCC(=O)[C@@H]1COc2ccccc2O1. The summed E-state index contributed by atoms with van der Waals surface area (Å²) < 4.78 is 10.8. The topological polar surface area (TPSA) is 72.8 Å². The molecule has 17 heavy (non-hydrogen) atoms. The van der Waals surface area contributed by atoms with Crippen molar-refractivity contribution < 1.29 is 24.2 Å². The van der Waals surface area contributed by atoms with Crippen LogP contribution in [0.2, 0.25) is 0 Å². The van der Waals surface area contributed by atoms with Crippen molar-refractivity contribution in [1.82, 2.24) is 0 Å². The first-order valence-electron chi connectivity index (χ1n) is 5.30. The van der Waals surface area contributed by atoms with Crippen LogP contribution in [0.5, 0.6) is 11.5 Å². The van der Waals surface area contributed by atoms with Gasteiger partial charge in [0, 0.05) is 6.42 Å². The fourth-order valence-electron chi connectivity index (χ4n) is 1.57. The Labute approximate surface area is 98.0 Å². The number of Topliss-reactive ketones (excluding diaryl/α,β-unsaturated/α-hetero) is 1. The Kier molecular flexibility index (Phi) is 3.27. The lowest BCUT2D eigenvalue weighted by Gasteiger charge is -2.25. The van der Waals surface area contributed by atoms with E-state index in [1.807, 2.05) is 6.07 Å². The number of para-hydroxylation sites is 2. The number of fused-ring (bicyclic) bond motifs is 1. The van der Waals surface area contributed by atoms with Gasteiger partial charge in [0.2, 0.25) is 0 Å². The molecule has 90 valence electrons. The summed E-state index contributed by atoms with van der Waals surface area (Å²) >= 11 is 0. The van der Waals surface area contributed by atoms with Crippen molar-refractivity contribution in [3.8, 4) is 11.5 Å². The minimum absolute atomic E-state index is 0.0362. The Morgan fingerprint density at radius 2 is 1.94 bits per heavy atom. The molecule has 1 aromatic carbocycles. The molecule has 0 unspecified atom stereocenters. The highest BCUT2D eigenvalue weighted by atomic mass is 16.6. The minimum Gasteiger partial charge on any atom is -0.485 e. The summed E-state index contributed by atoms with van der Waals surface area (Å²) in [4.78, 5) is 22.0. The second kappa shape index (κ2) is 4.86. The Balaban J connectivity index is 1.97. The van der Waals surface area contributed by atoms with Crippen molar-refractivity contribution in [2.45, 2.75) is 18.9 Å². The van der Waals surface area contributed by atoms with Crippen molar-refractivity contribution in [2.75, 3.05) is 6.61 Å². The predicted molar refractivity (Wildman–Crippen MR) is 58.2 cm³/mol. The van der Waals surface area contributed by atoms with E-state index in [4.69, 9.17) is 14.6 Å². The van der Waals surface area contributed by atoms with Crippen LogP contribution >= 0.6 is 0 Å². The third-order valence-corrected chi connectivity index (χ3v) is 2.45. The molecule has 0 saturated heterocycles. The van der Waals surface area contributed by atoms with E-state index in [-0.39, 0.29) is 25.2 Å². The predicted octanol–water partition coefficient (Wildman–Crippen LogP) is 1.26. The second-order valence-corrected chi connectivity index (χ2v) is 3.72. The number of ether oxygens (including phenoxy) is 2. The highest BCUT2D eigenvalue weighted by Gasteiger charge is 2.26. The highest BCUT2D eigenvalue weighted by Crippen LogP contribution is 2.31. The van der Waals surface area contributed by atoms with E-state index in [1.54, 1.807) is 18.2 Å². The molecular formula is C12H12O5. The number of rotatable bonds is 4. The molecule has 0 spiro atoms. The van der Waals surface area contributed by atoms with Gasteiger partial charge in [-0.1, -0.05) is 12.1 Å². The number of carbonyl (C=O) groups is 2. The van der Waals surface area contributed by atoms with Crippen LogP contribution in [-0.2, 0) is 9.59 Å². The Hall–Kier alpha value is -2.04. The zero-order chi connectivity index (χ0) is 12.3. The van der Waals surface area contributed by atoms with Crippen molar-refractivity contribution in [3.63, 3.8) is 0 Å². The maximum absolute atomic E-state index is 11.6. The molecule has 1 heterocycles. The van der Waals surface area contributed by atoms with Crippen LogP contribution in [0.1, 0.15) is 12.8 Å². The smallest absolute Gasteiger partial charge is 0.303 e. The zero-order valence-corrected chi connectivity index (χ0v) is 9.09. The lowest BCUT2D eigenvalue weighted by atomic mass is 10.1. The van der Waals surface area contributed by atoms with Gasteiger partial charge >= 0.3 is 5.97 Å². The van der Waals surface area contributed by atoms with Gasteiger partial charge in [0.25, 0.3) is 0 Å². The quantitative estimate of drug-likeness (QED) is 0.852. The number of ketones is 1. The van der Waals surface area contributed by atoms with E-state index in [1.165, 1.54) is 0 Å². The van der Waals surface area contributed by atoms with Crippen molar-refractivity contribution in [1.29, 1.82) is 0 Å². The largest absolute Gasteiger partial charge is 0.485 e. The fourth-order valence-corrected chi connectivity index (χ4v) is 1.57. The van der Waals surface area contributed by atoms with Gasteiger partial charge in [-0.05, 0) is 12.1 Å². The summed E-state index contributed by atoms with van der Waals surface area (Å²) in [6, 6.07) is 7.07. The molecule has 1 N–H and O–H groups in total. The molecule has 1 aromatic rings. The number of aliphatic carboxylic acids is 1. The summed E-state index contributed by atoms with van der Waals surface area (Å²) in [5.74, 6) is -0.111. The molecule has 2 rings (SSSR count). The number of carboxylic acids is 1. The molecule has 0 aliphatic carbocycles. The molecule has 0 saturated carbocycles. The molecule has 1 atom stereocenters. The van der Waals surface area contributed by atoms with E-state index in [0.29, 0.717) is 11.5 Å². The Morgan fingerprint density at radius 1 is 1.24 bits per heavy atom. The minimum atomic E-state index is -0.990. The van der Waals surface area contributed by atoms with Gasteiger partial charge in [-0.15, -0.1) is 0 Å². The lowest BCUT2D eigenvalue weighted by Crippen LogP contribution is -2.36. The van der Waals surface area contributed by atoms with Gasteiger partial charge in [0.15, 0.2) is 23.4 Å². The zero-order valence-electron chi connectivity index (χ0n) is 9.09. The van der Waals surface area contributed by atoms with Gasteiger partial charge in [-0.25, -0.2) is 0 Å². The number of hydrogen-bond donors (Lipinski definition) is 1. The van der Waals surface area contributed by atoms with Crippen molar-refractivity contribution in [3.05, 3.63) is 24.3 Å². The Bertz CT molecular complexity index is 440. The van der Waals surface area contributed by atoms with E-state index in [0.717, 1.165) is 0 Å². The van der Waals surface area contributed by atoms with Crippen LogP contribution in [0.15, 0.2) is 24.3 Å². The molecule has 1 aliphatic rings. The number of hydrogen-bond acceptors (Lipinski definition) is 4. The summed E-state index contributed by atoms with van der Waals surface area (Å²) in [7, 11) is 0. The first-order chi connectivity index (χ1) is 8.16. The van der Waals surface area contributed by atoms with Gasteiger partial charge in [-0.3, -0.25) is 9.59 Å². The first-order valence-corrected chi connectivity index (χ1v) is 5.30. The van der Waals surface area contributed by atoms with Gasteiger partial charge < -0.3 is 14.6 Å². The first kappa shape index (κ1) is 11.4. The molecule has 5 heteroatoms. The van der Waals surface area contributed by atoms with Crippen LogP contribution in [0, 0.1) is 0 Å². The van der Waals surface area contributed by atoms with Gasteiger partial charge in [0.1, 0.15) is 6.61 Å². The maximum Gasteiger partial charge on any atom is 0.303 e. The van der Waals surface area contributed by atoms with E-state index in [2.05, 4.69) is 0 Å². The molecule has 1 aliphatic heterocycles. The third-order valence-electron chi connectivity index (χ3n) is 2.45. The molecule has 5 nitrogen and oxygen atoms in total. The number of carbonyl (C=O) groups excluding carboxylic acids is 1. The maximum atomic E-state index is 11.6. The standard InChI is InChI=1S/C12H12O5/c13-8(5-6-12(14)15)11-7-16-9-3-1-2-4-10(9)17-11/h1-4,11H,5-7H2,(H,14,15)/t11-/m0/s1. The molecule has 0 radical (unpaired) electrons. The summed E-state index contributed by atoms with van der Waals surface area (Å²) in [5.41, 5.74) is 0. The van der Waals surface area contributed by atoms with Crippen molar-refractivity contribution >= 4 is 11.8 Å². The molecule has 0 bridgehead atoms. The summed E-state index contributed by atoms with van der Waals surface area (Å²) in [6.45, 7) is 0.134. The molecule has 0 fully saturated rings. The summed E-state index contributed by atoms with van der Waals surface area (Å²) in [6.07, 6.45) is -0.921. The van der Waals surface area contributed by atoms with Crippen molar-refractivity contribution in [2.24, 2.45) is 0 Å². The second-order valence-electron chi connectivity index (χ2n) is 3.72. The van der Waals surface area contributed by atoms with E-state index in [9.17, 15) is 9.59 Å². The van der Waals surface area contributed by atoms with Crippen LogP contribution in [0.25, 0.3) is 0 Å². The van der Waals surface area contributed by atoms with Crippen LogP contribution < -0.4 is 9.47 Å². The van der Waals surface area contributed by atoms with Crippen LogP contribution in [0.4, 0.5) is 0 Å². The number of carboxylic acid groups (broad SMARTS) is 1. The monoisotopic (exact) mass is 236 g/mol. The average molecular weight is 236 g/mol. The van der Waals surface area contributed by atoms with Crippen LogP contribution in [0.3, 0.4) is 0 Å². The summed E-state index contributed by atoms with van der Waals surface area (Å²) in [5, 5.41) is 8.49. The number of benzene rings is 1. The average Bonchev–Trinajstić information content (AvgIpc) is 2.35. The molecule has 0 amide bonds.